The van der Waals surface area contributed by atoms with E-state index in [2.05, 4.69) is 31.3 Å². The van der Waals surface area contributed by atoms with Gasteiger partial charge in [-0.3, -0.25) is 9.36 Å². The summed E-state index contributed by atoms with van der Waals surface area (Å²) in [5, 5.41) is 13.8. The second kappa shape index (κ2) is 38.5. The molecule has 0 aliphatic heterocycles. The molecule has 1 unspecified atom stereocenters. The fourth-order valence-electron chi connectivity index (χ4n) is 6.71. The first-order valence-corrected chi connectivity index (χ1v) is 24.6. The van der Waals surface area contributed by atoms with E-state index in [1.54, 1.807) is 0 Å². The number of hydrogen-bond acceptors (Lipinski definition) is 6. The molecule has 0 aromatic heterocycles. The van der Waals surface area contributed by atoms with Gasteiger partial charge in [-0.1, -0.05) is 199 Å². The molecule has 0 saturated carbocycles. The molecule has 0 aromatic carbocycles. The van der Waals surface area contributed by atoms with Crippen LogP contribution in [0.4, 0.5) is 0 Å². The Bertz CT molecular complexity index is 953. The molecule has 8 nitrogen and oxygen atoms in total. The third-order valence-corrected chi connectivity index (χ3v) is 11.4. The van der Waals surface area contributed by atoms with Crippen molar-refractivity contribution >= 4 is 13.7 Å². The maximum atomic E-state index is 12.8. The molecular weight excluding hydrogens is 707 g/mol. The topological polar surface area (TPSA) is 108 Å². The van der Waals surface area contributed by atoms with Gasteiger partial charge in [0.1, 0.15) is 13.2 Å². The van der Waals surface area contributed by atoms with E-state index in [1.165, 1.54) is 161 Å². The minimum Gasteiger partial charge on any atom is -0.756 e. The number of nitrogens with one attached hydrogen (secondary N) is 1. The zero-order valence-corrected chi connectivity index (χ0v) is 37.8. The van der Waals surface area contributed by atoms with E-state index in [4.69, 9.17) is 9.05 Å². The van der Waals surface area contributed by atoms with E-state index in [0.717, 1.165) is 25.7 Å². The summed E-state index contributed by atoms with van der Waals surface area (Å²) in [4.78, 5) is 25.3. The molecule has 55 heavy (non-hydrogen) atoms. The van der Waals surface area contributed by atoms with E-state index >= 15 is 0 Å². The lowest BCUT2D eigenvalue weighted by Gasteiger charge is -2.29. The predicted molar refractivity (Wildman–Crippen MR) is 233 cm³/mol. The molecule has 1 amide bonds. The summed E-state index contributed by atoms with van der Waals surface area (Å²) in [6.07, 6.45) is 45.2. The number of aliphatic hydroxyl groups excluding tert-OH is 1. The quantitative estimate of drug-likeness (QED) is 0.0276. The van der Waals surface area contributed by atoms with Crippen molar-refractivity contribution in [1.29, 1.82) is 0 Å². The highest BCUT2D eigenvalue weighted by Crippen LogP contribution is 2.38. The number of aliphatic hydroxyl groups is 1. The smallest absolute Gasteiger partial charge is 0.268 e. The second-order valence-electron chi connectivity index (χ2n) is 17.1. The third-order valence-electron chi connectivity index (χ3n) is 10.4. The molecule has 2 N–H and O–H groups in total. The Balaban J connectivity index is 4.37. The van der Waals surface area contributed by atoms with E-state index in [-0.39, 0.29) is 25.5 Å². The van der Waals surface area contributed by atoms with Crippen molar-refractivity contribution in [2.75, 3.05) is 40.9 Å². The highest BCUT2D eigenvalue weighted by atomic mass is 31.2. The molecule has 0 aromatic rings. The molecule has 0 radical (unpaired) electrons. The van der Waals surface area contributed by atoms with E-state index in [1.807, 2.05) is 33.3 Å². The van der Waals surface area contributed by atoms with Gasteiger partial charge in [0, 0.05) is 6.42 Å². The molecule has 9 heteroatoms. The number of rotatable bonds is 42. The Labute approximate surface area is 341 Å². The van der Waals surface area contributed by atoms with E-state index < -0.39 is 20.0 Å². The molecule has 0 spiro atoms. The van der Waals surface area contributed by atoms with Gasteiger partial charge in [0.2, 0.25) is 5.91 Å². The van der Waals surface area contributed by atoms with Gasteiger partial charge in [0.25, 0.3) is 7.82 Å². The number of hydrogen-bond donors (Lipinski definition) is 2. The summed E-state index contributed by atoms with van der Waals surface area (Å²) in [5.74, 6) is -0.271. The second-order valence-corrected chi connectivity index (χ2v) is 18.5. The van der Waals surface area contributed by atoms with Gasteiger partial charge < -0.3 is 28.8 Å². The highest BCUT2D eigenvalue weighted by Gasteiger charge is 2.23. The van der Waals surface area contributed by atoms with E-state index in [9.17, 15) is 19.4 Å². The maximum Gasteiger partial charge on any atom is 0.268 e. The molecule has 3 atom stereocenters. The third kappa shape index (κ3) is 41.0. The molecule has 0 aliphatic rings. The Morgan fingerprint density at radius 2 is 1.00 bits per heavy atom. The average molecular weight is 799 g/mol. The first kappa shape index (κ1) is 54.0. The van der Waals surface area contributed by atoms with Gasteiger partial charge in [-0.2, -0.15) is 0 Å². The van der Waals surface area contributed by atoms with Crippen LogP contribution in [0, 0.1) is 0 Å². The van der Waals surface area contributed by atoms with Crippen molar-refractivity contribution in [2.45, 2.75) is 225 Å². The Morgan fingerprint density at radius 1 is 0.618 bits per heavy atom. The number of likely N-dealkylation sites (N-methyl/N-ethyl adjacent to an activating group) is 1. The van der Waals surface area contributed by atoms with Crippen LogP contribution in [0.3, 0.4) is 0 Å². The summed E-state index contributed by atoms with van der Waals surface area (Å²) in [5.41, 5.74) is 0. The summed E-state index contributed by atoms with van der Waals surface area (Å²) >= 11 is 0. The lowest BCUT2D eigenvalue weighted by atomic mass is 10.0. The van der Waals surface area contributed by atoms with Crippen LogP contribution in [-0.4, -0.2) is 68.5 Å². The zero-order chi connectivity index (χ0) is 40.7. The summed E-state index contributed by atoms with van der Waals surface area (Å²) in [7, 11) is 1.25. The van der Waals surface area contributed by atoms with Crippen LogP contribution >= 0.6 is 7.82 Å². The maximum absolute atomic E-state index is 12.8. The van der Waals surface area contributed by atoms with Gasteiger partial charge >= 0.3 is 0 Å². The Morgan fingerprint density at radius 3 is 1.40 bits per heavy atom. The molecule has 326 valence electrons. The number of carbonyl (C=O) groups is 1. The van der Waals surface area contributed by atoms with Gasteiger partial charge in [0.15, 0.2) is 0 Å². The summed E-state index contributed by atoms with van der Waals surface area (Å²) in [6, 6.07) is -0.878. The number of carbonyl (C=O) groups excluding carboxylic acids is 1. The first-order valence-electron chi connectivity index (χ1n) is 23.2. The molecule has 0 aliphatic carbocycles. The van der Waals surface area contributed by atoms with Gasteiger partial charge in [-0.05, 0) is 32.1 Å². The molecule has 0 saturated heterocycles. The molecular formula is C46H91N2O6P. The molecule has 0 bridgehead atoms. The van der Waals surface area contributed by atoms with Crippen LogP contribution in [-0.2, 0) is 18.4 Å². The first-order chi connectivity index (χ1) is 26.5. The van der Waals surface area contributed by atoms with Crippen molar-refractivity contribution in [2.24, 2.45) is 0 Å². The number of phosphoric ester groups is 1. The van der Waals surface area contributed by atoms with Gasteiger partial charge in [-0.25, -0.2) is 0 Å². The van der Waals surface area contributed by atoms with Crippen LogP contribution in [0.25, 0.3) is 0 Å². The zero-order valence-electron chi connectivity index (χ0n) is 36.9. The minimum atomic E-state index is -4.59. The number of unbranched alkanes of at least 4 members (excludes halogenated alkanes) is 27. The fourth-order valence-corrected chi connectivity index (χ4v) is 7.44. The van der Waals surface area contributed by atoms with Crippen molar-refractivity contribution in [3.8, 4) is 0 Å². The standard InChI is InChI=1S/C46H91N2O6P/c1-6-8-10-12-14-16-18-20-21-22-23-24-25-26-28-30-32-34-36-38-40-46(50)47-44(43-54-55(51,52)53-42-41-48(3,4)5)45(49)39-37-35-33-31-29-27-19-17-15-13-11-9-7-2/h35-38,44-45,49H,6-34,39-43H2,1-5H3,(H-,47,50,51,52)/t44-,45+/m0/s1. The Kier molecular flexibility index (Phi) is 37.8. The predicted octanol–water partition coefficient (Wildman–Crippen LogP) is 12.3. The Hall–Kier alpha value is -1.02. The number of quaternary nitrogens is 1. The monoisotopic (exact) mass is 799 g/mol. The van der Waals surface area contributed by atoms with Crippen molar-refractivity contribution in [1.82, 2.24) is 5.32 Å². The number of allylic oxidation sites excluding steroid dienone is 2. The van der Waals surface area contributed by atoms with Crippen LogP contribution in [0.15, 0.2) is 24.3 Å². The number of phosphoric acid groups is 1. The molecule has 0 rings (SSSR count). The van der Waals surface area contributed by atoms with Crippen LogP contribution in [0.1, 0.15) is 213 Å². The highest BCUT2D eigenvalue weighted by molar-refractivity contribution is 7.45. The lowest BCUT2D eigenvalue weighted by molar-refractivity contribution is -0.870. The molecule has 0 fully saturated rings. The van der Waals surface area contributed by atoms with Crippen LogP contribution in [0.5, 0.6) is 0 Å². The van der Waals surface area contributed by atoms with Gasteiger partial charge in [-0.15, -0.1) is 0 Å². The van der Waals surface area contributed by atoms with Gasteiger partial charge in [0.05, 0.1) is 39.9 Å². The largest absolute Gasteiger partial charge is 0.756 e. The van der Waals surface area contributed by atoms with E-state index in [0.29, 0.717) is 17.4 Å². The van der Waals surface area contributed by atoms with Crippen molar-refractivity contribution < 1.29 is 32.9 Å². The van der Waals surface area contributed by atoms with Crippen molar-refractivity contribution in [3.63, 3.8) is 0 Å². The number of amides is 1. The van der Waals surface area contributed by atoms with Crippen molar-refractivity contribution in [3.05, 3.63) is 24.3 Å². The fraction of sp³-hybridized carbons (Fsp3) is 0.891. The summed E-state index contributed by atoms with van der Waals surface area (Å²) in [6.45, 7) is 4.64. The van der Waals surface area contributed by atoms with Crippen LogP contribution < -0.4 is 10.2 Å². The summed E-state index contributed by atoms with van der Waals surface area (Å²) < 4.78 is 23.2. The number of nitrogens with zero attached hydrogens (tertiary/aromatic N) is 1. The SMILES string of the molecule is CCCCCCCCCCCCC=CC[C@@H](O)[C@H](COP(=O)([O-])OCC[N+](C)(C)C)NC(=O)CC=CCCCCCCCCCCCCCCCCCCC. The average Bonchev–Trinajstić information content (AvgIpc) is 3.13. The van der Waals surface area contributed by atoms with Crippen LogP contribution in [0.2, 0.25) is 0 Å². The lowest BCUT2D eigenvalue weighted by Crippen LogP contribution is -2.46. The molecule has 0 heterocycles. The normalized spacial score (nSPS) is 14.5. The minimum absolute atomic E-state index is 0.00418.